The highest BCUT2D eigenvalue weighted by Crippen LogP contribution is 2.42. The highest BCUT2D eigenvalue weighted by Gasteiger charge is 2.35. The van der Waals surface area contributed by atoms with Gasteiger partial charge in [0.25, 0.3) is 0 Å². The van der Waals surface area contributed by atoms with Gasteiger partial charge in [-0.05, 0) is 19.1 Å². The molecule has 1 atom stereocenters. The van der Waals surface area contributed by atoms with Crippen LogP contribution in [0.3, 0.4) is 0 Å². The molecule has 104 valence electrons. The number of hydrogen-bond donors (Lipinski definition) is 2. The molecule has 1 amide bonds. The highest BCUT2D eigenvalue weighted by molar-refractivity contribution is 8.00. The van der Waals surface area contributed by atoms with Crippen molar-refractivity contribution >= 4 is 23.6 Å². The van der Waals surface area contributed by atoms with E-state index < -0.39 is 12.0 Å². The van der Waals surface area contributed by atoms with Crippen LogP contribution < -0.4 is 10.6 Å². The molecule has 0 heterocycles. The number of carbonyl (C=O) groups is 2. The molecule has 1 aliphatic carbocycles. The van der Waals surface area contributed by atoms with Crippen molar-refractivity contribution in [1.82, 2.24) is 10.6 Å². The van der Waals surface area contributed by atoms with E-state index in [0.717, 1.165) is 6.54 Å². The van der Waals surface area contributed by atoms with Crippen LogP contribution in [-0.2, 0) is 14.3 Å². The van der Waals surface area contributed by atoms with Gasteiger partial charge in [0.15, 0.2) is 0 Å². The first-order valence-corrected chi connectivity index (χ1v) is 7.36. The molecule has 1 fully saturated rings. The van der Waals surface area contributed by atoms with Gasteiger partial charge in [0.05, 0.1) is 7.11 Å². The average Bonchev–Trinajstić information content (AvgIpc) is 2.29. The van der Waals surface area contributed by atoms with Gasteiger partial charge < -0.3 is 15.4 Å². The van der Waals surface area contributed by atoms with Crippen LogP contribution in [0, 0.1) is 0 Å². The molecule has 0 saturated heterocycles. The van der Waals surface area contributed by atoms with Crippen molar-refractivity contribution in [3.05, 3.63) is 0 Å². The lowest BCUT2D eigenvalue weighted by atomic mass is 9.84. The van der Waals surface area contributed by atoms with E-state index in [1.54, 1.807) is 0 Å². The topological polar surface area (TPSA) is 67.4 Å². The third kappa shape index (κ3) is 4.17. The quantitative estimate of drug-likeness (QED) is 0.663. The third-order valence-electron chi connectivity index (χ3n) is 3.36. The minimum atomic E-state index is -0.605. The van der Waals surface area contributed by atoms with Gasteiger partial charge in [-0.2, -0.15) is 11.8 Å². The lowest BCUT2D eigenvalue weighted by molar-refractivity contribution is -0.144. The van der Waals surface area contributed by atoms with E-state index in [2.05, 4.69) is 21.6 Å². The molecule has 0 spiro atoms. The Kier molecular flexibility index (Phi) is 5.95. The van der Waals surface area contributed by atoms with Crippen molar-refractivity contribution in [2.45, 2.75) is 37.0 Å². The molecule has 5 nitrogen and oxygen atoms in total. The Morgan fingerprint density at radius 2 is 2.11 bits per heavy atom. The molecule has 0 aromatic carbocycles. The maximum absolute atomic E-state index is 11.5. The molecule has 6 heteroatoms. The van der Waals surface area contributed by atoms with E-state index >= 15 is 0 Å². The Morgan fingerprint density at radius 1 is 1.44 bits per heavy atom. The summed E-state index contributed by atoms with van der Waals surface area (Å²) in [5.74, 6) is -0.639. The second-order valence-corrected chi connectivity index (χ2v) is 5.92. The average molecular weight is 274 g/mol. The standard InChI is InChI=1S/C12H22N2O3S/c1-9(15)14-10(11(16)17-2)7-13-8-12(18-3)5-4-6-12/h10,13H,4-8H2,1-3H3,(H,14,15). The summed E-state index contributed by atoms with van der Waals surface area (Å²) < 4.78 is 4.98. The number of methoxy groups -OCH3 is 1. The third-order valence-corrected chi connectivity index (χ3v) is 4.78. The Hall–Kier alpha value is -0.750. The van der Waals surface area contributed by atoms with Gasteiger partial charge in [-0.15, -0.1) is 0 Å². The van der Waals surface area contributed by atoms with Gasteiger partial charge in [-0.25, -0.2) is 4.79 Å². The molecule has 0 radical (unpaired) electrons. The first-order valence-electron chi connectivity index (χ1n) is 6.14. The van der Waals surface area contributed by atoms with Gasteiger partial charge in [0.1, 0.15) is 6.04 Å². The van der Waals surface area contributed by atoms with Gasteiger partial charge in [-0.1, -0.05) is 6.42 Å². The second-order valence-electron chi connectivity index (χ2n) is 4.65. The number of ether oxygens (including phenoxy) is 1. The zero-order valence-corrected chi connectivity index (χ0v) is 12.1. The molecular formula is C12H22N2O3S. The fraction of sp³-hybridized carbons (Fsp3) is 0.833. The molecular weight excluding hydrogens is 252 g/mol. The normalized spacial score (nSPS) is 18.6. The molecule has 0 aliphatic heterocycles. The number of esters is 1. The first-order chi connectivity index (χ1) is 8.53. The lowest BCUT2D eigenvalue weighted by Gasteiger charge is -2.40. The number of thioether (sulfide) groups is 1. The van der Waals surface area contributed by atoms with Crippen molar-refractivity contribution in [3.63, 3.8) is 0 Å². The fourth-order valence-corrected chi connectivity index (χ4v) is 2.99. The molecule has 18 heavy (non-hydrogen) atoms. The maximum Gasteiger partial charge on any atom is 0.329 e. The molecule has 1 unspecified atom stereocenters. The summed E-state index contributed by atoms with van der Waals surface area (Å²) in [6.07, 6.45) is 5.81. The largest absolute Gasteiger partial charge is 0.467 e. The summed E-state index contributed by atoms with van der Waals surface area (Å²) in [4.78, 5) is 22.5. The van der Waals surface area contributed by atoms with Crippen LogP contribution in [0.15, 0.2) is 0 Å². The van der Waals surface area contributed by atoms with Crippen molar-refractivity contribution in [2.24, 2.45) is 0 Å². The molecule has 1 aliphatic rings. The Bertz CT molecular complexity index is 300. The van der Waals surface area contributed by atoms with E-state index in [4.69, 9.17) is 0 Å². The Labute approximate surface area is 112 Å². The second kappa shape index (κ2) is 6.99. The first kappa shape index (κ1) is 15.3. The van der Waals surface area contributed by atoms with Gasteiger partial charge in [-0.3, -0.25) is 4.79 Å². The van der Waals surface area contributed by atoms with Gasteiger partial charge in [0.2, 0.25) is 5.91 Å². The monoisotopic (exact) mass is 274 g/mol. The summed E-state index contributed by atoms with van der Waals surface area (Å²) in [6.45, 7) is 2.67. The zero-order valence-electron chi connectivity index (χ0n) is 11.2. The Morgan fingerprint density at radius 3 is 2.50 bits per heavy atom. The summed E-state index contributed by atoms with van der Waals surface area (Å²) in [5, 5.41) is 5.85. The number of amides is 1. The summed E-state index contributed by atoms with van der Waals surface area (Å²) in [7, 11) is 1.33. The lowest BCUT2D eigenvalue weighted by Crippen LogP contribution is -2.51. The van der Waals surface area contributed by atoms with Crippen LogP contribution in [0.4, 0.5) is 0 Å². The summed E-state index contributed by atoms with van der Waals surface area (Å²) in [6, 6.07) is -0.605. The van der Waals surface area contributed by atoms with Crippen LogP contribution in [0.25, 0.3) is 0 Å². The van der Waals surface area contributed by atoms with E-state index in [0.29, 0.717) is 11.3 Å². The predicted octanol–water partition coefficient (Wildman–Crippen LogP) is 0.539. The molecule has 0 aromatic rings. The van der Waals surface area contributed by atoms with Crippen molar-refractivity contribution in [2.75, 3.05) is 26.5 Å². The van der Waals surface area contributed by atoms with Crippen molar-refractivity contribution in [3.8, 4) is 0 Å². The van der Waals surface area contributed by atoms with Crippen LogP contribution >= 0.6 is 11.8 Å². The summed E-state index contributed by atoms with van der Waals surface area (Å²) in [5.41, 5.74) is 0. The number of carbonyl (C=O) groups excluding carboxylic acids is 2. The zero-order chi connectivity index (χ0) is 13.6. The van der Waals surface area contributed by atoms with E-state index in [1.165, 1.54) is 33.3 Å². The van der Waals surface area contributed by atoms with Gasteiger partial charge in [0, 0.05) is 24.8 Å². The van der Waals surface area contributed by atoms with Crippen LogP contribution in [0.5, 0.6) is 0 Å². The Balaban J connectivity index is 2.37. The molecule has 2 N–H and O–H groups in total. The smallest absolute Gasteiger partial charge is 0.329 e. The predicted molar refractivity (Wildman–Crippen MR) is 72.6 cm³/mol. The minimum absolute atomic E-state index is 0.226. The fourth-order valence-electron chi connectivity index (χ4n) is 2.05. The van der Waals surface area contributed by atoms with Gasteiger partial charge >= 0.3 is 5.97 Å². The van der Waals surface area contributed by atoms with Crippen LogP contribution in [0.2, 0.25) is 0 Å². The minimum Gasteiger partial charge on any atom is -0.467 e. The summed E-state index contributed by atoms with van der Waals surface area (Å²) >= 11 is 1.87. The molecule has 1 saturated carbocycles. The number of rotatable bonds is 7. The molecule has 1 rings (SSSR count). The van der Waals surface area contributed by atoms with Crippen LogP contribution in [0.1, 0.15) is 26.2 Å². The van der Waals surface area contributed by atoms with Crippen molar-refractivity contribution < 1.29 is 14.3 Å². The maximum atomic E-state index is 11.5. The van der Waals surface area contributed by atoms with Crippen LogP contribution in [-0.4, -0.2) is 49.1 Å². The number of nitrogens with one attached hydrogen (secondary N) is 2. The number of hydrogen-bond acceptors (Lipinski definition) is 5. The molecule has 0 aromatic heterocycles. The SMILES string of the molecule is COC(=O)C(CNCC1(SC)CCC1)NC(C)=O. The van der Waals surface area contributed by atoms with E-state index in [-0.39, 0.29) is 5.91 Å². The highest BCUT2D eigenvalue weighted by atomic mass is 32.2. The van der Waals surface area contributed by atoms with E-state index in [1.807, 2.05) is 11.8 Å². The molecule has 0 bridgehead atoms. The van der Waals surface area contributed by atoms with E-state index in [9.17, 15) is 9.59 Å². The van der Waals surface area contributed by atoms with Crippen molar-refractivity contribution in [1.29, 1.82) is 0 Å².